The van der Waals surface area contributed by atoms with Crippen molar-refractivity contribution in [3.8, 4) is 0 Å². The van der Waals surface area contributed by atoms with Crippen LogP contribution in [0.25, 0.3) is 0 Å². The van der Waals surface area contributed by atoms with Crippen LogP contribution in [0.2, 0.25) is 0 Å². The molecule has 0 spiro atoms. The maximum Gasteiger partial charge on any atom is 0.421 e. The van der Waals surface area contributed by atoms with Crippen molar-refractivity contribution in [2.75, 3.05) is 13.2 Å². The fraction of sp³-hybridized carbons (Fsp3) is 0.833. The van der Waals surface area contributed by atoms with Crippen molar-refractivity contribution in [3.63, 3.8) is 0 Å². The molecule has 0 bridgehead atoms. The van der Waals surface area contributed by atoms with E-state index in [2.05, 4.69) is 0 Å². The van der Waals surface area contributed by atoms with Crippen molar-refractivity contribution in [1.29, 1.82) is 0 Å². The van der Waals surface area contributed by atoms with Crippen molar-refractivity contribution >= 4 is 6.09 Å². The molecule has 1 aliphatic heterocycles. The van der Waals surface area contributed by atoms with Crippen LogP contribution in [-0.4, -0.2) is 25.4 Å². The second-order valence-corrected chi connectivity index (χ2v) is 2.36. The minimum Gasteiger partial charge on any atom is -0.445 e. The van der Waals surface area contributed by atoms with Crippen LogP contribution < -0.4 is 11.3 Å². The Hall–Kier alpha value is -0.810. The number of hydrazine groups is 1. The number of nitrogens with two attached hydrogens (primary N) is 1. The monoisotopic (exact) mass is 160 g/mol. The number of carbonyl (C=O) groups is 1. The van der Waals surface area contributed by atoms with Gasteiger partial charge in [-0.3, -0.25) is 5.43 Å². The Morgan fingerprint density at radius 1 is 1.55 bits per heavy atom. The highest BCUT2D eigenvalue weighted by Gasteiger charge is 2.16. The zero-order chi connectivity index (χ0) is 8.10. The van der Waals surface area contributed by atoms with Gasteiger partial charge in [-0.25, -0.2) is 10.6 Å². The Balaban J connectivity index is 2.19. The van der Waals surface area contributed by atoms with Crippen molar-refractivity contribution in [2.24, 2.45) is 5.84 Å². The lowest BCUT2D eigenvalue weighted by Crippen LogP contribution is -2.35. The fourth-order valence-electron chi connectivity index (χ4n) is 0.979. The molecule has 64 valence electrons. The number of carbonyl (C=O) groups excluding carboxylic acids is 1. The smallest absolute Gasteiger partial charge is 0.421 e. The Morgan fingerprint density at radius 2 is 2.18 bits per heavy atom. The number of hydrogen-bond donors (Lipinski definition) is 2. The van der Waals surface area contributed by atoms with E-state index in [0.29, 0.717) is 13.2 Å². The van der Waals surface area contributed by atoms with E-state index >= 15 is 0 Å². The average molecular weight is 160 g/mol. The third-order valence-electron chi connectivity index (χ3n) is 1.56. The SMILES string of the molecule is NNC(=O)OC1CCOCC1. The molecule has 1 amide bonds. The summed E-state index contributed by atoms with van der Waals surface area (Å²) in [5.41, 5.74) is 1.91. The van der Waals surface area contributed by atoms with Gasteiger partial charge in [-0.15, -0.1) is 0 Å². The van der Waals surface area contributed by atoms with E-state index in [1.165, 1.54) is 0 Å². The van der Waals surface area contributed by atoms with Crippen LogP contribution in [0.1, 0.15) is 12.8 Å². The summed E-state index contributed by atoms with van der Waals surface area (Å²) in [6.07, 6.45) is 0.908. The number of rotatable bonds is 1. The molecule has 0 aromatic heterocycles. The number of hydrogen-bond acceptors (Lipinski definition) is 4. The molecule has 0 aromatic rings. The predicted molar refractivity (Wildman–Crippen MR) is 37.6 cm³/mol. The van der Waals surface area contributed by atoms with E-state index < -0.39 is 6.09 Å². The van der Waals surface area contributed by atoms with Gasteiger partial charge >= 0.3 is 6.09 Å². The molecule has 0 saturated carbocycles. The highest BCUT2D eigenvalue weighted by atomic mass is 16.6. The van der Waals surface area contributed by atoms with E-state index in [1.54, 1.807) is 0 Å². The van der Waals surface area contributed by atoms with Gasteiger partial charge in [0.25, 0.3) is 0 Å². The minimum atomic E-state index is -0.572. The summed E-state index contributed by atoms with van der Waals surface area (Å²) in [5, 5.41) is 0. The summed E-state index contributed by atoms with van der Waals surface area (Å²) in [7, 11) is 0. The maximum atomic E-state index is 10.6. The van der Waals surface area contributed by atoms with Gasteiger partial charge in [0, 0.05) is 12.8 Å². The zero-order valence-electron chi connectivity index (χ0n) is 6.21. The van der Waals surface area contributed by atoms with E-state index in [1.807, 2.05) is 5.43 Å². The molecule has 3 N–H and O–H groups in total. The van der Waals surface area contributed by atoms with E-state index in [4.69, 9.17) is 15.3 Å². The first-order valence-corrected chi connectivity index (χ1v) is 3.58. The second-order valence-electron chi connectivity index (χ2n) is 2.36. The fourth-order valence-corrected chi connectivity index (χ4v) is 0.979. The average Bonchev–Trinajstić information content (AvgIpc) is 2.06. The molecule has 0 atom stereocenters. The summed E-state index contributed by atoms with van der Waals surface area (Å²) in [5.74, 6) is 4.83. The summed E-state index contributed by atoms with van der Waals surface area (Å²) >= 11 is 0. The van der Waals surface area contributed by atoms with Crippen molar-refractivity contribution in [3.05, 3.63) is 0 Å². The molecule has 1 aliphatic rings. The van der Waals surface area contributed by atoms with Crippen LogP contribution in [0.4, 0.5) is 4.79 Å². The van der Waals surface area contributed by atoms with Crippen LogP contribution >= 0.6 is 0 Å². The Labute approximate surface area is 64.8 Å². The van der Waals surface area contributed by atoms with Crippen molar-refractivity contribution in [2.45, 2.75) is 18.9 Å². The molecule has 5 heteroatoms. The minimum absolute atomic E-state index is 0.0349. The van der Waals surface area contributed by atoms with Crippen LogP contribution in [0.3, 0.4) is 0 Å². The van der Waals surface area contributed by atoms with Gasteiger partial charge in [-0.2, -0.15) is 0 Å². The molecule has 0 radical (unpaired) electrons. The summed E-state index contributed by atoms with van der Waals surface area (Å²) in [6, 6.07) is 0. The molecule has 1 rings (SSSR count). The molecule has 0 unspecified atom stereocenters. The molecule has 0 aromatic carbocycles. The van der Waals surface area contributed by atoms with Crippen LogP contribution in [0.5, 0.6) is 0 Å². The first kappa shape index (κ1) is 8.29. The molecule has 1 heterocycles. The topological polar surface area (TPSA) is 73.6 Å². The third-order valence-corrected chi connectivity index (χ3v) is 1.56. The molecular weight excluding hydrogens is 148 g/mol. The van der Waals surface area contributed by atoms with E-state index in [9.17, 15) is 4.79 Å². The van der Waals surface area contributed by atoms with E-state index in [-0.39, 0.29) is 6.10 Å². The molecule has 1 saturated heterocycles. The largest absolute Gasteiger partial charge is 0.445 e. The van der Waals surface area contributed by atoms with E-state index in [0.717, 1.165) is 12.8 Å². The van der Waals surface area contributed by atoms with Gasteiger partial charge in [0.1, 0.15) is 6.10 Å². The first-order valence-electron chi connectivity index (χ1n) is 3.58. The Bertz CT molecular complexity index is 134. The van der Waals surface area contributed by atoms with Crippen LogP contribution in [-0.2, 0) is 9.47 Å². The van der Waals surface area contributed by atoms with Gasteiger partial charge < -0.3 is 9.47 Å². The lowest BCUT2D eigenvalue weighted by atomic mass is 10.2. The quantitative estimate of drug-likeness (QED) is 0.315. The number of nitrogens with one attached hydrogen (secondary N) is 1. The lowest BCUT2D eigenvalue weighted by molar-refractivity contribution is 0.00165. The standard InChI is InChI=1S/C6H12N2O3/c7-8-6(9)11-5-1-3-10-4-2-5/h5H,1-4,7H2,(H,8,9). The highest BCUT2D eigenvalue weighted by molar-refractivity contribution is 5.66. The lowest BCUT2D eigenvalue weighted by Gasteiger charge is -2.21. The van der Waals surface area contributed by atoms with Gasteiger partial charge in [0.2, 0.25) is 0 Å². The second kappa shape index (κ2) is 4.15. The molecule has 11 heavy (non-hydrogen) atoms. The molecule has 0 aliphatic carbocycles. The van der Waals surface area contributed by atoms with Crippen LogP contribution in [0.15, 0.2) is 0 Å². The Kier molecular flexibility index (Phi) is 3.13. The molecule has 5 nitrogen and oxygen atoms in total. The Morgan fingerprint density at radius 3 is 2.73 bits per heavy atom. The number of ether oxygens (including phenoxy) is 2. The highest BCUT2D eigenvalue weighted by Crippen LogP contribution is 2.09. The first-order chi connectivity index (χ1) is 5.33. The summed E-state index contributed by atoms with van der Waals surface area (Å²) < 4.78 is 9.96. The number of amides is 1. The zero-order valence-corrected chi connectivity index (χ0v) is 6.21. The van der Waals surface area contributed by atoms with Crippen LogP contribution in [0, 0.1) is 0 Å². The van der Waals surface area contributed by atoms with Crippen molar-refractivity contribution in [1.82, 2.24) is 5.43 Å². The molecule has 1 fully saturated rings. The summed E-state index contributed by atoms with van der Waals surface area (Å²) in [6.45, 7) is 1.31. The van der Waals surface area contributed by atoms with Gasteiger partial charge in [-0.1, -0.05) is 0 Å². The maximum absolute atomic E-state index is 10.6. The summed E-state index contributed by atoms with van der Waals surface area (Å²) in [4.78, 5) is 10.6. The van der Waals surface area contributed by atoms with Gasteiger partial charge in [0.15, 0.2) is 0 Å². The third kappa shape index (κ3) is 2.73. The van der Waals surface area contributed by atoms with Gasteiger partial charge in [-0.05, 0) is 0 Å². The normalized spacial score (nSPS) is 19.4. The molecular formula is C6H12N2O3. The predicted octanol–water partition coefficient (Wildman–Crippen LogP) is -0.235. The van der Waals surface area contributed by atoms with Gasteiger partial charge in [0.05, 0.1) is 13.2 Å². The van der Waals surface area contributed by atoms with Crippen molar-refractivity contribution < 1.29 is 14.3 Å².